The maximum absolute atomic E-state index is 13.7. The Morgan fingerprint density at radius 3 is 2.23 bits per heavy atom. The van der Waals surface area contributed by atoms with Gasteiger partial charge in [-0.15, -0.1) is 0 Å². The van der Waals surface area contributed by atoms with Crippen LogP contribution in [0.1, 0.15) is 40.9 Å². The number of aliphatic imine (C=N–C) groups is 1. The van der Waals surface area contributed by atoms with Crippen LogP contribution in [0.25, 0.3) is 0 Å². The first-order chi connectivity index (χ1) is 14.9. The van der Waals surface area contributed by atoms with E-state index in [1.54, 1.807) is 20.0 Å². The van der Waals surface area contributed by atoms with Gasteiger partial charge in [0.25, 0.3) is 5.91 Å². The molecule has 2 N–H and O–H groups in total. The van der Waals surface area contributed by atoms with E-state index in [0.717, 1.165) is 11.1 Å². The van der Waals surface area contributed by atoms with Crippen LogP contribution in [0.5, 0.6) is 0 Å². The van der Waals surface area contributed by atoms with Gasteiger partial charge in [-0.3, -0.25) is 9.79 Å². The van der Waals surface area contributed by atoms with Crippen LogP contribution in [0.3, 0.4) is 0 Å². The minimum absolute atomic E-state index is 0.0318. The number of rotatable bonds is 5. The zero-order valence-corrected chi connectivity index (χ0v) is 18.6. The average molecular weight is 427 g/mol. The van der Waals surface area contributed by atoms with E-state index >= 15 is 0 Å². The van der Waals surface area contributed by atoms with Gasteiger partial charge in [0.05, 0.1) is 12.2 Å². The summed E-state index contributed by atoms with van der Waals surface area (Å²) in [7, 11) is 1.69. The minimum atomic E-state index is -0.210. The van der Waals surface area contributed by atoms with Crippen molar-refractivity contribution in [2.24, 2.45) is 4.99 Å². The number of nitrogens with zero attached hydrogens (tertiary/aromatic N) is 2. The highest BCUT2D eigenvalue weighted by Crippen LogP contribution is 2.15. The van der Waals surface area contributed by atoms with Crippen LogP contribution in [-0.2, 0) is 17.8 Å². The molecule has 0 radical (unpaired) electrons. The zero-order valence-electron chi connectivity index (χ0n) is 18.6. The Kier molecular flexibility index (Phi) is 7.63. The molecule has 7 heteroatoms. The van der Waals surface area contributed by atoms with Gasteiger partial charge in [-0.05, 0) is 55.7 Å². The van der Waals surface area contributed by atoms with Crippen molar-refractivity contribution in [3.63, 3.8) is 0 Å². The number of ether oxygens (including phenoxy) is 1. The first-order valence-corrected chi connectivity index (χ1v) is 10.6. The number of halogens is 1. The van der Waals surface area contributed by atoms with Crippen molar-refractivity contribution in [2.45, 2.75) is 46.1 Å². The molecule has 2 unspecified atom stereocenters. The van der Waals surface area contributed by atoms with Gasteiger partial charge >= 0.3 is 0 Å². The smallest absolute Gasteiger partial charge is 0.254 e. The number of carbonyl (C=O) groups is 1. The van der Waals surface area contributed by atoms with Gasteiger partial charge in [-0.1, -0.05) is 24.3 Å². The Morgan fingerprint density at radius 2 is 1.65 bits per heavy atom. The third kappa shape index (κ3) is 6.28. The highest BCUT2D eigenvalue weighted by molar-refractivity contribution is 5.94. The summed E-state index contributed by atoms with van der Waals surface area (Å²) < 4.78 is 19.4. The summed E-state index contributed by atoms with van der Waals surface area (Å²) in [5.74, 6) is 0.444. The average Bonchev–Trinajstić information content (AvgIpc) is 2.75. The van der Waals surface area contributed by atoms with Crippen molar-refractivity contribution in [1.29, 1.82) is 0 Å². The van der Waals surface area contributed by atoms with Crippen molar-refractivity contribution in [3.8, 4) is 0 Å². The lowest BCUT2D eigenvalue weighted by molar-refractivity contribution is -0.0586. The minimum Gasteiger partial charge on any atom is -0.372 e. The SMILES string of the molecule is CN=C(NCc1ccc(C(=O)N2CC(C)OC(C)C2)cc1)NCc1ccc(C)c(F)c1. The lowest BCUT2D eigenvalue weighted by Gasteiger charge is -2.35. The van der Waals surface area contributed by atoms with Gasteiger partial charge in [0.1, 0.15) is 5.82 Å². The lowest BCUT2D eigenvalue weighted by Crippen LogP contribution is -2.48. The molecule has 3 rings (SSSR count). The van der Waals surface area contributed by atoms with Crippen LogP contribution in [0, 0.1) is 12.7 Å². The molecule has 0 aliphatic carbocycles. The van der Waals surface area contributed by atoms with Gasteiger partial charge in [0.2, 0.25) is 0 Å². The molecule has 0 bridgehead atoms. The maximum atomic E-state index is 13.7. The molecule has 6 nitrogen and oxygen atoms in total. The second-order valence-electron chi connectivity index (χ2n) is 8.03. The van der Waals surface area contributed by atoms with E-state index < -0.39 is 0 Å². The zero-order chi connectivity index (χ0) is 22.4. The summed E-state index contributed by atoms with van der Waals surface area (Å²) in [4.78, 5) is 18.8. The molecule has 0 aromatic heterocycles. The van der Waals surface area contributed by atoms with Crippen LogP contribution < -0.4 is 10.6 Å². The molecule has 2 atom stereocenters. The summed E-state index contributed by atoms with van der Waals surface area (Å²) in [6, 6.07) is 12.8. The van der Waals surface area contributed by atoms with Crippen LogP contribution in [0.2, 0.25) is 0 Å². The van der Waals surface area contributed by atoms with Crippen LogP contribution in [-0.4, -0.2) is 49.1 Å². The molecular formula is C24H31FN4O2. The van der Waals surface area contributed by atoms with E-state index in [0.29, 0.717) is 43.3 Å². The van der Waals surface area contributed by atoms with Crippen molar-refractivity contribution >= 4 is 11.9 Å². The Balaban J connectivity index is 1.51. The molecule has 1 amide bonds. The molecule has 2 aromatic carbocycles. The second kappa shape index (κ2) is 10.4. The number of guanidine groups is 1. The van der Waals surface area contributed by atoms with E-state index in [1.807, 2.05) is 49.1 Å². The fraction of sp³-hybridized carbons (Fsp3) is 0.417. The summed E-state index contributed by atoms with van der Waals surface area (Å²) in [6.07, 6.45) is 0.0960. The standard InChI is InChI=1S/C24H31FN4O2/c1-16-5-6-20(11-22(16)25)13-28-24(26-4)27-12-19-7-9-21(10-8-19)23(30)29-14-17(2)31-18(3)15-29/h5-11,17-18H,12-15H2,1-4H3,(H2,26,27,28). The van der Waals surface area contributed by atoms with E-state index in [2.05, 4.69) is 15.6 Å². The van der Waals surface area contributed by atoms with Crippen molar-refractivity contribution < 1.29 is 13.9 Å². The van der Waals surface area contributed by atoms with Gasteiger partial charge in [-0.2, -0.15) is 0 Å². The van der Waals surface area contributed by atoms with Gasteiger partial charge < -0.3 is 20.3 Å². The van der Waals surface area contributed by atoms with E-state index in [4.69, 9.17) is 4.74 Å². The number of hydrogen-bond donors (Lipinski definition) is 2. The highest BCUT2D eigenvalue weighted by Gasteiger charge is 2.26. The van der Waals surface area contributed by atoms with Crippen molar-refractivity contribution in [3.05, 3.63) is 70.5 Å². The quantitative estimate of drug-likeness (QED) is 0.569. The lowest BCUT2D eigenvalue weighted by atomic mass is 10.1. The normalized spacial score (nSPS) is 19.3. The Bertz CT molecular complexity index is 920. The fourth-order valence-corrected chi connectivity index (χ4v) is 3.63. The van der Waals surface area contributed by atoms with Crippen LogP contribution in [0.15, 0.2) is 47.5 Å². The Morgan fingerprint density at radius 1 is 1.06 bits per heavy atom. The number of benzene rings is 2. The topological polar surface area (TPSA) is 66.0 Å². The number of nitrogens with one attached hydrogen (secondary N) is 2. The van der Waals surface area contributed by atoms with E-state index in [1.165, 1.54) is 6.07 Å². The molecule has 166 valence electrons. The largest absolute Gasteiger partial charge is 0.372 e. The molecule has 2 aromatic rings. The Labute approximate surface area is 183 Å². The molecular weight excluding hydrogens is 395 g/mol. The number of aryl methyl sites for hydroxylation is 1. The first-order valence-electron chi connectivity index (χ1n) is 10.6. The molecule has 0 saturated carbocycles. The highest BCUT2D eigenvalue weighted by atomic mass is 19.1. The summed E-state index contributed by atoms with van der Waals surface area (Å²) in [6.45, 7) is 7.97. The van der Waals surface area contributed by atoms with E-state index in [-0.39, 0.29) is 23.9 Å². The van der Waals surface area contributed by atoms with Crippen LogP contribution in [0.4, 0.5) is 4.39 Å². The fourth-order valence-electron chi connectivity index (χ4n) is 3.63. The van der Waals surface area contributed by atoms with Crippen molar-refractivity contribution in [1.82, 2.24) is 15.5 Å². The molecule has 31 heavy (non-hydrogen) atoms. The summed E-state index contributed by atoms with van der Waals surface area (Å²) in [5, 5.41) is 6.42. The third-order valence-electron chi connectivity index (χ3n) is 5.29. The van der Waals surface area contributed by atoms with Crippen LogP contribution >= 0.6 is 0 Å². The van der Waals surface area contributed by atoms with Crippen molar-refractivity contribution in [2.75, 3.05) is 20.1 Å². The number of morpholine rings is 1. The number of carbonyl (C=O) groups excluding carboxylic acids is 1. The van der Waals surface area contributed by atoms with Gasteiger partial charge in [-0.25, -0.2) is 4.39 Å². The monoisotopic (exact) mass is 426 g/mol. The summed E-state index contributed by atoms with van der Waals surface area (Å²) in [5.41, 5.74) is 3.19. The third-order valence-corrected chi connectivity index (χ3v) is 5.29. The number of hydrogen-bond acceptors (Lipinski definition) is 3. The maximum Gasteiger partial charge on any atom is 0.254 e. The number of amides is 1. The van der Waals surface area contributed by atoms with Gasteiger partial charge in [0, 0.05) is 38.8 Å². The second-order valence-corrected chi connectivity index (χ2v) is 8.03. The molecule has 1 aliphatic rings. The molecule has 1 fully saturated rings. The molecule has 1 aliphatic heterocycles. The molecule has 1 heterocycles. The first kappa shape index (κ1) is 22.7. The Hall–Kier alpha value is -2.93. The predicted molar refractivity (Wildman–Crippen MR) is 121 cm³/mol. The van der Waals surface area contributed by atoms with E-state index in [9.17, 15) is 9.18 Å². The predicted octanol–water partition coefficient (Wildman–Crippen LogP) is 3.25. The summed E-state index contributed by atoms with van der Waals surface area (Å²) >= 11 is 0. The molecule has 1 saturated heterocycles. The molecule has 0 spiro atoms. The van der Waals surface area contributed by atoms with Gasteiger partial charge in [0.15, 0.2) is 5.96 Å².